The molecule has 4 N–H and O–H groups in total. The Morgan fingerprint density at radius 1 is 0.784 bits per heavy atom. The van der Waals surface area contributed by atoms with Gasteiger partial charge in [-0.15, -0.1) is 0 Å². The second kappa shape index (κ2) is 9.33. The summed E-state index contributed by atoms with van der Waals surface area (Å²) in [6.07, 6.45) is 4.45. The van der Waals surface area contributed by atoms with E-state index in [1.165, 1.54) is 59.3 Å². The number of aromatic nitrogens is 4. The number of benzene rings is 2. The normalized spacial score (nSPS) is 13.0. The molecule has 0 spiro atoms. The topological polar surface area (TPSA) is 184 Å². The Morgan fingerprint density at radius 3 is 1.70 bits per heavy atom. The lowest BCUT2D eigenvalue weighted by Gasteiger charge is -2.02. The van der Waals surface area contributed by atoms with Crippen LogP contribution in [0.15, 0.2) is 74.0 Å². The molecule has 2 aromatic heterocycles. The van der Waals surface area contributed by atoms with Crippen molar-refractivity contribution in [2.45, 2.75) is 16.7 Å². The van der Waals surface area contributed by atoms with Crippen molar-refractivity contribution in [3.63, 3.8) is 0 Å². The number of hydrogen-bond donors (Lipinski definition) is 4. The molecule has 0 saturated heterocycles. The van der Waals surface area contributed by atoms with E-state index < -0.39 is 31.4 Å². The number of nitrogens with zero attached hydrogens (tertiary/aromatic N) is 2. The van der Waals surface area contributed by atoms with Crippen LogP contribution in [0.1, 0.15) is 11.3 Å². The van der Waals surface area contributed by atoms with Crippen LogP contribution in [-0.4, -0.2) is 45.5 Å². The van der Waals surface area contributed by atoms with Crippen LogP contribution < -0.4 is 21.7 Å². The van der Waals surface area contributed by atoms with Gasteiger partial charge in [-0.2, -0.15) is 16.8 Å². The van der Waals surface area contributed by atoms with Crippen LogP contribution in [0, 0.1) is 6.92 Å². The number of aryl methyl sites for hydroxylation is 1. The molecule has 12 nitrogen and oxygen atoms in total. The van der Waals surface area contributed by atoms with Gasteiger partial charge in [0.1, 0.15) is 0 Å². The number of hydrogen-bond acceptors (Lipinski definition) is 6. The lowest BCUT2D eigenvalue weighted by Crippen LogP contribution is -2.33. The largest absolute Gasteiger partial charge is 0.295 e. The fourth-order valence-electron chi connectivity index (χ4n) is 3.56. The summed E-state index contributed by atoms with van der Waals surface area (Å²) in [6, 6.07) is 10.0. The first-order valence-electron chi connectivity index (χ1n) is 10.4. The van der Waals surface area contributed by atoms with Crippen LogP contribution >= 0.6 is 0 Å². The van der Waals surface area contributed by atoms with Crippen molar-refractivity contribution in [2.24, 2.45) is 0 Å². The van der Waals surface area contributed by atoms with E-state index in [9.17, 15) is 26.4 Å². The first kappa shape index (κ1) is 25.8. The molecule has 0 atom stereocenters. The van der Waals surface area contributed by atoms with Gasteiger partial charge in [-0.25, -0.2) is 9.36 Å². The highest BCUT2D eigenvalue weighted by Gasteiger charge is 2.13. The molecule has 2 aromatic carbocycles. The molecule has 0 saturated carbocycles. The molecule has 14 heteroatoms. The monoisotopic (exact) mass is 544 g/mol. The van der Waals surface area contributed by atoms with Crippen molar-refractivity contribution in [1.82, 2.24) is 19.6 Å². The molecule has 37 heavy (non-hydrogen) atoms. The van der Waals surface area contributed by atoms with Gasteiger partial charge < -0.3 is 0 Å². The molecule has 4 rings (SSSR count). The first-order chi connectivity index (χ1) is 17.3. The Bertz CT molecular complexity index is 1980. The summed E-state index contributed by atoms with van der Waals surface area (Å²) >= 11 is 0. The Hall–Kier alpha value is -4.24. The maximum absolute atomic E-state index is 12.9. The van der Waals surface area contributed by atoms with Crippen LogP contribution in [0.25, 0.3) is 30.1 Å². The molecule has 0 bridgehead atoms. The van der Waals surface area contributed by atoms with Crippen molar-refractivity contribution < 1.29 is 25.9 Å². The molecule has 0 aliphatic carbocycles. The maximum Gasteiger partial charge on any atom is 0.294 e. The zero-order valence-electron chi connectivity index (χ0n) is 19.1. The summed E-state index contributed by atoms with van der Waals surface area (Å²) in [5, 5.41) is 6.14. The van der Waals surface area contributed by atoms with Gasteiger partial charge in [0.25, 0.3) is 31.4 Å². The third-order valence-corrected chi connectivity index (χ3v) is 7.17. The average Bonchev–Trinajstić information content (AvgIpc) is 3.28. The molecule has 0 radical (unpaired) electrons. The maximum atomic E-state index is 12.9. The number of H-pyrrole nitrogens is 2. The molecule has 2 heterocycles. The molecule has 4 aromatic rings. The Labute approximate surface area is 209 Å². The van der Waals surface area contributed by atoms with Crippen molar-refractivity contribution in [2.75, 3.05) is 0 Å². The second-order valence-corrected chi connectivity index (χ2v) is 10.7. The smallest absolute Gasteiger partial charge is 0.294 e. The van der Waals surface area contributed by atoms with Crippen LogP contribution in [0.4, 0.5) is 0 Å². The predicted octanol–water partition coefficient (Wildman–Crippen LogP) is 0.351. The number of rotatable bonds is 6. The highest BCUT2D eigenvalue weighted by molar-refractivity contribution is 7.86. The molecule has 0 aliphatic rings. The summed E-state index contributed by atoms with van der Waals surface area (Å²) in [5.74, 6) is 0. The van der Waals surface area contributed by atoms with Gasteiger partial charge in [-0.3, -0.25) is 28.9 Å². The second-order valence-electron chi connectivity index (χ2n) is 7.90. The van der Waals surface area contributed by atoms with Crippen molar-refractivity contribution in [1.29, 1.82) is 0 Å². The minimum atomic E-state index is -4.37. The summed E-state index contributed by atoms with van der Waals surface area (Å²) in [4.78, 5) is 25.1. The minimum Gasteiger partial charge on any atom is -0.295 e. The molecular formula is C23H20N4O8S2. The summed E-state index contributed by atoms with van der Waals surface area (Å²) in [5.41, 5.74) is 0.553. The molecule has 0 amide bonds. The van der Waals surface area contributed by atoms with E-state index in [0.717, 1.165) is 16.8 Å². The quantitative estimate of drug-likeness (QED) is 0.251. The van der Waals surface area contributed by atoms with Gasteiger partial charge >= 0.3 is 0 Å². The third kappa shape index (κ3) is 5.17. The van der Waals surface area contributed by atoms with Crippen LogP contribution in [0.3, 0.4) is 0 Å². The van der Waals surface area contributed by atoms with Gasteiger partial charge in [0.05, 0.1) is 37.3 Å². The van der Waals surface area contributed by atoms with Crippen LogP contribution in [0.5, 0.6) is 0 Å². The van der Waals surface area contributed by atoms with Gasteiger partial charge in [-0.1, -0.05) is 12.7 Å². The molecule has 0 aliphatic heterocycles. The van der Waals surface area contributed by atoms with E-state index >= 15 is 0 Å². The first-order valence-corrected chi connectivity index (χ1v) is 13.3. The van der Waals surface area contributed by atoms with E-state index in [4.69, 9.17) is 9.11 Å². The fourth-order valence-corrected chi connectivity index (χ4v) is 4.52. The van der Waals surface area contributed by atoms with E-state index in [1.54, 1.807) is 6.92 Å². The fraction of sp³-hybridized carbons (Fsp3) is 0.0435. The lowest BCUT2D eigenvalue weighted by molar-refractivity contribution is 0.481. The van der Waals surface area contributed by atoms with Gasteiger partial charge in [0.15, 0.2) is 0 Å². The van der Waals surface area contributed by atoms with Crippen LogP contribution in [-0.2, 0) is 20.2 Å². The standard InChI is InChI=1S/C23H20N4O8S2/c1-14-20(22(28)26(24-14)16-6-10-18(11-7-16)36(30,31)32)4-3-5-21-15(2)25-27(23(21)29)17-8-12-19(13-9-17)37(33,34)35/h3-13,24-25H,1H2,2H3,(H,30,31,32)(H,33,34,35). The van der Waals surface area contributed by atoms with Gasteiger partial charge in [0, 0.05) is 5.69 Å². The number of aromatic amines is 2. The van der Waals surface area contributed by atoms with E-state index in [2.05, 4.69) is 16.8 Å². The Balaban J connectivity index is 1.66. The average molecular weight is 545 g/mol. The van der Waals surface area contributed by atoms with Gasteiger partial charge in [0.2, 0.25) is 0 Å². The summed E-state index contributed by atoms with van der Waals surface area (Å²) in [6.45, 7) is 5.47. The molecule has 0 fully saturated rings. The van der Waals surface area contributed by atoms with E-state index in [1.807, 2.05) is 0 Å². The zero-order valence-corrected chi connectivity index (χ0v) is 20.7. The van der Waals surface area contributed by atoms with E-state index in [-0.39, 0.29) is 25.9 Å². The van der Waals surface area contributed by atoms with Gasteiger partial charge in [-0.05, 0) is 67.6 Å². The predicted molar refractivity (Wildman–Crippen MR) is 135 cm³/mol. The zero-order chi connectivity index (χ0) is 27.1. The van der Waals surface area contributed by atoms with Crippen molar-refractivity contribution in [3.8, 4) is 11.4 Å². The molecule has 192 valence electrons. The highest BCUT2D eigenvalue weighted by Crippen LogP contribution is 2.14. The Kier molecular flexibility index (Phi) is 6.51. The minimum absolute atomic E-state index is 0.199. The highest BCUT2D eigenvalue weighted by atomic mass is 32.2. The lowest BCUT2D eigenvalue weighted by atomic mass is 10.2. The summed E-state index contributed by atoms with van der Waals surface area (Å²) in [7, 11) is -8.74. The van der Waals surface area contributed by atoms with Crippen molar-refractivity contribution in [3.05, 3.63) is 97.1 Å². The molecule has 0 unspecified atom stereocenters. The number of allylic oxidation sites excluding steroid dienone is 1. The summed E-state index contributed by atoms with van der Waals surface area (Å²) < 4.78 is 65.5. The van der Waals surface area contributed by atoms with Crippen molar-refractivity contribution >= 4 is 39.0 Å². The Morgan fingerprint density at radius 2 is 1.24 bits per heavy atom. The number of nitrogens with one attached hydrogen (secondary N) is 2. The SMILES string of the molecule is C=c1[nH]n(-c2ccc(S(=O)(=O)O)cc2)c(=O)c1=CC=Cc1c(C)[nH]n(-c2ccc(S(=O)(=O)O)cc2)c1=O. The molecular weight excluding hydrogens is 524 g/mol. The van der Waals surface area contributed by atoms with E-state index in [0.29, 0.717) is 17.1 Å². The van der Waals surface area contributed by atoms with Crippen LogP contribution in [0.2, 0.25) is 0 Å². The third-order valence-electron chi connectivity index (χ3n) is 5.43.